The Hall–Kier alpha value is -2.36. The van der Waals surface area contributed by atoms with Crippen LogP contribution in [0.2, 0.25) is 0 Å². The number of nitrogens with zero attached hydrogens (tertiary/aromatic N) is 3. The maximum atomic E-state index is 6.02. The van der Waals surface area contributed by atoms with Gasteiger partial charge in [0.2, 0.25) is 0 Å². The van der Waals surface area contributed by atoms with E-state index in [0.29, 0.717) is 6.54 Å². The molecule has 96 valence electrons. The zero-order chi connectivity index (χ0) is 13.4. The number of aromatic nitrogens is 3. The number of fused-ring (bicyclic) bond motifs is 1. The van der Waals surface area contributed by atoms with E-state index in [9.17, 15) is 0 Å². The van der Waals surface area contributed by atoms with Crippen LogP contribution in [0.25, 0.3) is 10.9 Å². The number of benzene rings is 1. The SMILES string of the molecule is Cc1cccc(Cn2nc(C)c3c(N)cccc32)n1. The number of aryl methyl sites for hydroxylation is 2. The minimum Gasteiger partial charge on any atom is -0.398 e. The molecule has 0 saturated heterocycles. The van der Waals surface area contributed by atoms with Gasteiger partial charge in [-0.1, -0.05) is 12.1 Å². The minimum absolute atomic E-state index is 0.662. The lowest BCUT2D eigenvalue weighted by molar-refractivity contribution is 0.687. The Morgan fingerprint density at radius 1 is 1.11 bits per heavy atom. The molecule has 2 N–H and O–H groups in total. The summed E-state index contributed by atoms with van der Waals surface area (Å²) in [5, 5.41) is 5.61. The maximum Gasteiger partial charge on any atom is 0.0838 e. The summed E-state index contributed by atoms with van der Waals surface area (Å²) in [5.41, 5.74) is 10.8. The van der Waals surface area contributed by atoms with Crippen LogP contribution in [0.4, 0.5) is 5.69 Å². The van der Waals surface area contributed by atoms with Crippen molar-refractivity contribution in [3.8, 4) is 0 Å². The zero-order valence-corrected chi connectivity index (χ0v) is 11.1. The molecule has 0 radical (unpaired) electrons. The second-order valence-electron chi connectivity index (χ2n) is 4.75. The molecule has 19 heavy (non-hydrogen) atoms. The van der Waals surface area contributed by atoms with Crippen LogP contribution in [0, 0.1) is 13.8 Å². The third-order valence-corrected chi connectivity index (χ3v) is 3.24. The van der Waals surface area contributed by atoms with Gasteiger partial charge in [0.1, 0.15) is 0 Å². The fraction of sp³-hybridized carbons (Fsp3) is 0.200. The monoisotopic (exact) mass is 252 g/mol. The van der Waals surface area contributed by atoms with Gasteiger partial charge in [0.15, 0.2) is 0 Å². The number of hydrogen-bond acceptors (Lipinski definition) is 3. The molecule has 0 spiro atoms. The molecule has 0 bridgehead atoms. The van der Waals surface area contributed by atoms with Crippen LogP contribution in [0.15, 0.2) is 36.4 Å². The van der Waals surface area contributed by atoms with Crippen molar-refractivity contribution < 1.29 is 0 Å². The van der Waals surface area contributed by atoms with Crippen molar-refractivity contribution in [1.82, 2.24) is 14.8 Å². The van der Waals surface area contributed by atoms with Crippen molar-refractivity contribution in [2.45, 2.75) is 20.4 Å². The van der Waals surface area contributed by atoms with E-state index in [1.165, 1.54) is 0 Å². The topological polar surface area (TPSA) is 56.7 Å². The number of nitrogens with two attached hydrogens (primary N) is 1. The number of hydrogen-bond donors (Lipinski definition) is 1. The third-order valence-electron chi connectivity index (χ3n) is 3.24. The first-order chi connectivity index (χ1) is 9.15. The second kappa shape index (κ2) is 4.39. The molecule has 0 aliphatic rings. The highest BCUT2D eigenvalue weighted by Crippen LogP contribution is 2.24. The summed E-state index contributed by atoms with van der Waals surface area (Å²) in [6.45, 7) is 4.64. The van der Waals surface area contributed by atoms with Gasteiger partial charge in [-0.15, -0.1) is 0 Å². The van der Waals surface area contributed by atoms with E-state index >= 15 is 0 Å². The molecule has 4 heteroatoms. The molecule has 0 fully saturated rings. The summed E-state index contributed by atoms with van der Waals surface area (Å²) in [6.07, 6.45) is 0. The molecule has 0 atom stereocenters. The highest BCUT2D eigenvalue weighted by atomic mass is 15.3. The van der Waals surface area contributed by atoms with Gasteiger partial charge in [-0.05, 0) is 38.1 Å². The molecular formula is C15H16N4. The Morgan fingerprint density at radius 3 is 2.68 bits per heavy atom. The molecule has 2 heterocycles. The first-order valence-corrected chi connectivity index (χ1v) is 6.29. The van der Waals surface area contributed by atoms with Gasteiger partial charge in [0.25, 0.3) is 0 Å². The van der Waals surface area contributed by atoms with Crippen LogP contribution in [-0.4, -0.2) is 14.8 Å². The highest BCUT2D eigenvalue weighted by molar-refractivity contribution is 5.92. The van der Waals surface area contributed by atoms with Crippen molar-refractivity contribution in [2.75, 3.05) is 5.73 Å². The average Bonchev–Trinajstić information content (AvgIpc) is 2.68. The van der Waals surface area contributed by atoms with E-state index in [1.54, 1.807) is 0 Å². The summed E-state index contributed by atoms with van der Waals surface area (Å²) < 4.78 is 1.96. The van der Waals surface area contributed by atoms with Crippen molar-refractivity contribution in [2.24, 2.45) is 0 Å². The first kappa shape index (κ1) is 11.7. The van der Waals surface area contributed by atoms with Crippen LogP contribution < -0.4 is 5.73 Å². The number of rotatable bonds is 2. The normalized spacial score (nSPS) is 11.1. The van der Waals surface area contributed by atoms with Crippen LogP contribution in [0.3, 0.4) is 0 Å². The lowest BCUT2D eigenvalue weighted by Crippen LogP contribution is -2.04. The molecule has 3 rings (SSSR count). The Kier molecular flexibility index (Phi) is 2.71. The molecule has 0 aliphatic carbocycles. The lowest BCUT2D eigenvalue weighted by Gasteiger charge is -2.04. The van der Waals surface area contributed by atoms with Gasteiger partial charge < -0.3 is 5.73 Å². The smallest absolute Gasteiger partial charge is 0.0838 e. The Labute approximate surface area is 111 Å². The maximum absolute atomic E-state index is 6.02. The Bertz CT molecular complexity index is 743. The average molecular weight is 252 g/mol. The highest BCUT2D eigenvalue weighted by Gasteiger charge is 2.10. The summed E-state index contributed by atoms with van der Waals surface area (Å²) in [5.74, 6) is 0. The van der Waals surface area contributed by atoms with Crippen LogP contribution in [-0.2, 0) is 6.54 Å². The third kappa shape index (κ3) is 2.05. The molecule has 0 unspecified atom stereocenters. The van der Waals surface area contributed by atoms with E-state index in [2.05, 4.69) is 10.1 Å². The van der Waals surface area contributed by atoms with Crippen molar-refractivity contribution in [3.63, 3.8) is 0 Å². The van der Waals surface area contributed by atoms with E-state index < -0.39 is 0 Å². The summed E-state index contributed by atoms with van der Waals surface area (Å²) in [7, 11) is 0. The van der Waals surface area contributed by atoms with Crippen molar-refractivity contribution >= 4 is 16.6 Å². The predicted molar refractivity (Wildman–Crippen MR) is 77.0 cm³/mol. The van der Waals surface area contributed by atoms with Crippen LogP contribution in [0.1, 0.15) is 17.1 Å². The first-order valence-electron chi connectivity index (χ1n) is 6.29. The molecule has 0 aliphatic heterocycles. The number of nitrogen functional groups attached to an aromatic ring is 1. The van der Waals surface area contributed by atoms with Gasteiger partial charge in [-0.2, -0.15) is 5.10 Å². The van der Waals surface area contributed by atoms with E-state index in [0.717, 1.165) is 33.7 Å². The molecule has 1 aromatic carbocycles. The fourth-order valence-electron chi connectivity index (χ4n) is 2.41. The van der Waals surface area contributed by atoms with Crippen LogP contribution >= 0.6 is 0 Å². The van der Waals surface area contributed by atoms with Gasteiger partial charge in [-0.25, -0.2) is 0 Å². The molecule has 0 amide bonds. The second-order valence-corrected chi connectivity index (χ2v) is 4.75. The Balaban J connectivity index is 2.09. The molecule has 0 saturated carbocycles. The van der Waals surface area contributed by atoms with E-state index in [4.69, 9.17) is 5.73 Å². The number of pyridine rings is 1. The van der Waals surface area contributed by atoms with Crippen LogP contribution in [0.5, 0.6) is 0 Å². The number of anilines is 1. The fourth-order valence-corrected chi connectivity index (χ4v) is 2.41. The summed E-state index contributed by atoms with van der Waals surface area (Å²) in [6, 6.07) is 11.9. The minimum atomic E-state index is 0.662. The van der Waals surface area contributed by atoms with E-state index in [-0.39, 0.29) is 0 Å². The lowest BCUT2D eigenvalue weighted by atomic mass is 10.2. The van der Waals surface area contributed by atoms with Gasteiger partial charge >= 0.3 is 0 Å². The standard InChI is InChI=1S/C15H16N4/c1-10-5-3-6-12(17-10)9-19-14-8-4-7-13(16)15(14)11(2)18-19/h3-8H,9,16H2,1-2H3. The molecular weight excluding hydrogens is 236 g/mol. The Morgan fingerprint density at radius 2 is 1.89 bits per heavy atom. The van der Waals surface area contributed by atoms with Gasteiger partial charge in [-0.3, -0.25) is 9.67 Å². The van der Waals surface area contributed by atoms with Crippen molar-refractivity contribution in [3.05, 3.63) is 53.5 Å². The molecule has 2 aromatic heterocycles. The summed E-state index contributed by atoms with van der Waals surface area (Å²) in [4.78, 5) is 4.51. The van der Waals surface area contributed by atoms with E-state index in [1.807, 2.05) is 54.9 Å². The van der Waals surface area contributed by atoms with Crippen molar-refractivity contribution in [1.29, 1.82) is 0 Å². The van der Waals surface area contributed by atoms with Gasteiger partial charge in [0, 0.05) is 16.8 Å². The quantitative estimate of drug-likeness (QED) is 0.713. The predicted octanol–water partition coefficient (Wildman–Crippen LogP) is 2.68. The molecule has 4 nitrogen and oxygen atoms in total. The zero-order valence-electron chi connectivity index (χ0n) is 11.1. The molecule has 3 aromatic rings. The summed E-state index contributed by atoms with van der Waals surface area (Å²) >= 11 is 0. The largest absolute Gasteiger partial charge is 0.398 e. The van der Waals surface area contributed by atoms with Gasteiger partial charge in [0.05, 0.1) is 23.4 Å².